The summed E-state index contributed by atoms with van der Waals surface area (Å²) in [6.07, 6.45) is 3.79. The van der Waals surface area contributed by atoms with E-state index in [1.54, 1.807) is 7.11 Å². The lowest BCUT2D eigenvalue weighted by Gasteiger charge is -2.25. The van der Waals surface area contributed by atoms with Gasteiger partial charge in [-0.15, -0.1) is 0 Å². The molecule has 0 aromatic heterocycles. The molecular formula is C15H24N2O. The first kappa shape index (κ1) is 13.1. The van der Waals surface area contributed by atoms with Crippen molar-refractivity contribution in [3.8, 4) is 5.75 Å². The molecule has 0 atom stereocenters. The van der Waals surface area contributed by atoms with E-state index in [0.717, 1.165) is 18.8 Å². The van der Waals surface area contributed by atoms with Crippen LogP contribution in [-0.4, -0.2) is 20.2 Å². The summed E-state index contributed by atoms with van der Waals surface area (Å²) >= 11 is 0. The Kier molecular flexibility index (Phi) is 3.69. The highest BCUT2D eigenvalue weighted by atomic mass is 16.5. The van der Waals surface area contributed by atoms with Gasteiger partial charge in [0.25, 0.3) is 0 Å². The normalized spacial score (nSPS) is 19.4. The van der Waals surface area contributed by atoms with Gasteiger partial charge in [-0.3, -0.25) is 0 Å². The monoisotopic (exact) mass is 248 g/mol. The van der Waals surface area contributed by atoms with E-state index >= 15 is 0 Å². The third-order valence-corrected chi connectivity index (χ3v) is 3.92. The zero-order valence-electron chi connectivity index (χ0n) is 11.7. The van der Waals surface area contributed by atoms with Crippen molar-refractivity contribution >= 4 is 11.4 Å². The van der Waals surface area contributed by atoms with Crippen LogP contribution in [0.1, 0.15) is 33.1 Å². The highest BCUT2D eigenvalue weighted by molar-refractivity contribution is 5.62. The summed E-state index contributed by atoms with van der Waals surface area (Å²) in [6.45, 7) is 6.96. The van der Waals surface area contributed by atoms with Gasteiger partial charge in [0, 0.05) is 24.8 Å². The molecule has 0 spiro atoms. The molecule has 0 unspecified atom stereocenters. The first-order valence-electron chi connectivity index (χ1n) is 6.70. The van der Waals surface area contributed by atoms with Crippen LogP contribution in [0.4, 0.5) is 11.4 Å². The second-order valence-electron chi connectivity index (χ2n) is 5.93. The standard InChI is InChI=1S/C15H24N2O/c1-15(2)7-4-9-17(10-8-15)12-5-6-13(16)14(11-12)18-3/h5-6,11H,4,7-10,16H2,1-3H3. The summed E-state index contributed by atoms with van der Waals surface area (Å²) in [5, 5.41) is 0. The lowest BCUT2D eigenvalue weighted by atomic mass is 9.85. The third-order valence-electron chi connectivity index (χ3n) is 3.92. The Morgan fingerprint density at radius 2 is 2.00 bits per heavy atom. The van der Waals surface area contributed by atoms with Crippen molar-refractivity contribution in [1.29, 1.82) is 0 Å². The van der Waals surface area contributed by atoms with Crippen LogP contribution in [0.15, 0.2) is 18.2 Å². The molecule has 0 radical (unpaired) electrons. The number of benzene rings is 1. The largest absolute Gasteiger partial charge is 0.495 e. The second kappa shape index (κ2) is 5.09. The quantitative estimate of drug-likeness (QED) is 0.816. The van der Waals surface area contributed by atoms with E-state index in [4.69, 9.17) is 10.5 Å². The molecule has 0 aliphatic carbocycles. The zero-order valence-corrected chi connectivity index (χ0v) is 11.7. The summed E-state index contributed by atoms with van der Waals surface area (Å²) in [5.74, 6) is 0.774. The van der Waals surface area contributed by atoms with Gasteiger partial charge in [-0.25, -0.2) is 0 Å². The Morgan fingerprint density at radius 1 is 1.22 bits per heavy atom. The topological polar surface area (TPSA) is 38.5 Å². The number of methoxy groups -OCH3 is 1. The molecule has 100 valence electrons. The van der Waals surface area contributed by atoms with Gasteiger partial charge in [0.05, 0.1) is 12.8 Å². The first-order chi connectivity index (χ1) is 8.52. The number of hydrogen-bond acceptors (Lipinski definition) is 3. The van der Waals surface area contributed by atoms with E-state index < -0.39 is 0 Å². The van der Waals surface area contributed by atoms with Crippen LogP contribution in [0, 0.1) is 5.41 Å². The van der Waals surface area contributed by atoms with Gasteiger partial charge in [-0.1, -0.05) is 13.8 Å². The highest BCUT2D eigenvalue weighted by Crippen LogP contribution is 2.33. The predicted octanol–water partition coefficient (Wildman–Crippen LogP) is 3.29. The molecule has 1 aromatic rings. The number of rotatable bonds is 2. The maximum Gasteiger partial charge on any atom is 0.143 e. The average Bonchev–Trinajstić information content (AvgIpc) is 2.51. The van der Waals surface area contributed by atoms with Gasteiger partial charge in [-0.05, 0) is 36.8 Å². The van der Waals surface area contributed by atoms with Crippen molar-refractivity contribution in [3.63, 3.8) is 0 Å². The van der Waals surface area contributed by atoms with E-state index in [1.807, 2.05) is 12.1 Å². The second-order valence-corrected chi connectivity index (χ2v) is 5.93. The molecule has 1 aromatic carbocycles. The Hall–Kier alpha value is -1.38. The fraction of sp³-hybridized carbons (Fsp3) is 0.600. The van der Waals surface area contributed by atoms with Gasteiger partial charge in [0.15, 0.2) is 0 Å². The van der Waals surface area contributed by atoms with Gasteiger partial charge in [-0.2, -0.15) is 0 Å². The van der Waals surface area contributed by atoms with E-state index in [2.05, 4.69) is 24.8 Å². The van der Waals surface area contributed by atoms with Crippen molar-refractivity contribution in [2.24, 2.45) is 5.41 Å². The Balaban J connectivity index is 2.16. The van der Waals surface area contributed by atoms with Crippen molar-refractivity contribution < 1.29 is 4.74 Å². The molecule has 2 N–H and O–H groups in total. The molecule has 1 aliphatic rings. The summed E-state index contributed by atoms with van der Waals surface area (Å²) in [7, 11) is 1.67. The van der Waals surface area contributed by atoms with Crippen molar-refractivity contribution in [1.82, 2.24) is 0 Å². The summed E-state index contributed by atoms with van der Waals surface area (Å²) < 4.78 is 5.30. The molecule has 1 heterocycles. The Morgan fingerprint density at radius 3 is 2.72 bits per heavy atom. The molecule has 0 saturated carbocycles. The van der Waals surface area contributed by atoms with Gasteiger partial charge >= 0.3 is 0 Å². The molecule has 1 fully saturated rings. The molecule has 0 amide bonds. The molecule has 3 heteroatoms. The Bertz CT molecular complexity index is 415. The van der Waals surface area contributed by atoms with E-state index in [1.165, 1.54) is 24.9 Å². The van der Waals surface area contributed by atoms with Crippen LogP contribution in [0.2, 0.25) is 0 Å². The number of nitrogens with two attached hydrogens (primary N) is 1. The number of ether oxygens (including phenoxy) is 1. The van der Waals surface area contributed by atoms with Gasteiger partial charge in [0.2, 0.25) is 0 Å². The number of nitrogens with zero attached hydrogens (tertiary/aromatic N) is 1. The lowest BCUT2D eigenvalue weighted by molar-refractivity contribution is 0.325. The van der Waals surface area contributed by atoms with Crippen LogP contribution < -0.4 is 15.4 Å². The van der Waals surface area contributed by atoms with Gasteiger partial charge < -0.3 is 15.4 Å². The van der Waals surface area contributed by atoms with Crippen LogP contribution in [0.5, 0.6) is 5.75 Å². The molecule has 0 bridgehead atoms. The fourth-order valence-corrected chi connectivity index (χ4v) is 2.58. The summed E-state index contributed by atoms with van der Waals surface area (Å²) in [5.41, 5.74) is 8.25. The molecule has 1 saturated heterocycles. The van der Waals surface area contributed by atoms with Crippen molar-refractivity contribution in [2.45, 2.75) is 33.1 Å². The molecule has 18 heavy (non-hydrogen) atoms. The van der Waals surface area contributed by atoms with Crippen LogP contribution in [0.3, 0.4) is 0 Å². The molecule has 1 aliphatic heterocycles. The lowest BCUT2D eigenvalue weighted by Crippen LogP contribution is -2.25. The SMILES string of the molecule is COc1cc(N2CCCC(C)(C)CC2)ccc1N. The van der Waals surface area contributed by atoms with E-state index in [9.17, 15) is 0 Å². The molecule has 2 rings (SSSR count). The number of anilines is 2. The minimum Gasteiger partial charge on any atom is -0.495 e. The van der Waals surface area contributed by atoms with E-state index in [-0.39, 0.29) is 0 Å². The molecule has 3 nitrogen and oxygen atoms in total. The Labute approximate surface area is 110 Å². The average molecular weight is 248 g/mol. The zero-order chi connectivity index (χ0) is 13.2. The smallest absolute Gasteiger partial charge is 0.143 e. The van der Waals surface area contributed by atoms with Crippen molar-refractivity contribution in [3.05, 3.63) is 18.2 Å². The minimum atomic E-state index is 0.465. The van der Waals surface area contributed by atoms with Crippen LogP contribution in [0.25, 0.3) is 0 Å². The maximum atomic E-state index is 5.86. The summed E-state index contributed by atoms with van der Waals surface area (Å²) in [6, 6.07) is 6.08. The fourth-order valence-electron chi connectivity index (χ4n) is 2.58. The first-order valence-corrected chi connectivity index (χ1v) is 6.70. The maximum absolute atomic E-state index is 5.86. The minimum absolute atomic E-state index is 0.465. The highest BCUT2D eigenvalue weighted by Gasteiger charge is 2.23. The number of nitrogen functional groups attached to an aromatic ring is 1. The third kappa shape index (κ3) is 2.89. The number of hydrogen-bond donors (Lipinski definition) is 1. The molecular weight excluding hydrogens is 224 g/mol. The van der Waals surface area contributed by atoms with Crippen LogP contribution >= 0.6 is 0 Å². The van der Waals surface area contributed by atoms with E-state index in [0.29, 0.717) is 11.1 Å². The van der Waals surface area contributed by atoms with Crippen LogP contribution in [-0.2, 0) is 0 Å². The van der Waals surface area contributed by atoms with Crippen molar-refractivity contribution in [2.75, 3.05) is 30.8 Å². The van der Waals surface area contributed by atoms with Gasteiger partial charge in [0.1, 0.15) is 5.75 Å². The summed E-state index contributed by atoms with van der Waals surface area (Å²) in [4.78, 5) is 2.44. The predicted molar refractivity (Wildman–Crippen MR) is 77.3 cm³/mol.